The molecule has 0 atom stereocenters. The molecule has 1 aromatic rings. The van der Waals surface area contributed by atoms with Crippen molar-refractivity contribution < 1.29 is 0 Å². The molecule has 0 aromatic heterocycles. The Morgan fingerprint density at radius 1 is 1.00 bits per heavy atom. The summed E-state index contributed by atoms with van der Waals surface area (Å²) in [6.07, 6.45) is 8.31. The quantitative estimate of drug-likeness (QED) is 0.619. The first-order valence-corrected chi connectivity index (χ1v) is 7.64. The lowest BCUT2D eigenvalue weighted by molar-refractivity contribution is 0.646. The molecule has 2 rings (SSSR count). The molecule has 19 heavy (non-hydrogen) atoms. The average Bonchev–Trinajstić information content (AvgIpc) is 2.42. The minimum Gasteiger partial charge on any atom is -0.0807 e. The molecule has 1 aromatic carbocycles. The second-order valence-electron chi connectivity index (χ2n) is 5.34. The molecule has 0 N–H and O–H groups in total. The summed E-state index contributed by atoms with van der Waals surface area (Å²) in [5, 5.41) is 0. The van der Waals surface area contributed by atoms with Gasteiger partial charge in [-0.3, -0.25) is 0 Å². The van der Waals surface area contributed by atoms with Crippen LogP contribution in [0.3, 0.4) is 0 Å². The molecule has 0 amide bonds. The van der Waals surface area contributed by atoms with Crippen LogP contribution in [0.15, 0.2) is 42.0 Å². The summed E-state index contributed by atoms with van der Waals surface area (Å²) in [6.45, 7) is 10.8. The van der Waals surface area contributed by atoms with Crippen LogP contribution < -0.4 is 0 Å². The number of benzene rings is 1. The van der Waals surface area contributed by atoms with Crippen molar-refractivity contribution in [1.82, 2.24) is 0 Å². The van der Waals surface area contributed by atoms with E-state index in [9.17, 15) is 0 Å². The van der Waals surface area contributed by atoms with Gasteiger partial charge in [0.25, 0.3) is 0 Å². The highest BCUT2D eigenvalue weighted by Crippen LogP contribution is 2.30. The molecule has 0 aliphatic heterocycles. The van der Waals surface area contributed by atoms with Gasteiger partial charge in [-0.15, -0.1) is 0 Å². The van der Waals surface area contributed by atoms with Crippen molar-refractivity contribution in [2.45, 2.75) is 53.9 Å². The summed E-state index contributed by atoms with van der Waals surface area (Å²) < 4.78 is 0. The van der Waals surface area contributed by atoms with E-state index < -0.39 is 0 Å². The lowest BCUT2D eigenvalue weighted by atomic mass is 9.87. The zero-order chi connectivity index (χ0) is 14.3. The van der Waals surface area contributed by atoms with Crippen LogP contribution in [0.2, 0.25) is 0 Å². The molecule has 104 valence electrons. The summed E-state index contributed by atoms with van der Waals surface area (Å²) in [7, 11) is 0. The van der Waals surface area contributed by atoms with E-state index in [1.807, 2.05) is 13.8 Å². The Hall–Kier alpha value is -1.30. The van der Waals surface area contributed by atoms with Crippen LogP contribution in [0.4, 0.5) is 0 Å². The number of allylic oxidation sites excluding steroid dienone is 4. The minimum atomic E-state index is 0.713. The molecule has 0 spiro atoms. The first-order chi connectivity index (χ1) is 9.18. The van der Waals surface area contributed by atoms with E-state index in [0.717, 1.165) is 0 Å². The first-order valence-electron chi connectivity index (χ1n) is 7.64. The van der Waals surface area contributed by atoms with E-state index in [2.05, 4.69) is 57.2 Å². The summed E-state index contributed by atoms with van der Waals surface area (Å²) in [5.74, 6) is 0.713. The van der Waals surface area contributed by atoms with Gasteiger partial charge in [0.15, 0.2) is 0 Å². The SMILES string of the molecule is CC.CC1=CCCC=C1c1ccccc1CC(C)C. The zero-order valence-electron chi connectivity index (χ0n) is 13.2. The van der Waals surface area contributed by atoms with Gasteiger partial charge in [-0.05, 0) is 54.4 Å². The molecule has 0 fully saturated rings. The highest BCUT2D eigenvalue weighted by molar-refractivity contribution is 5.80. The molecule has 0 saturated heterocycles. The maximum absolute atomic E-state index is 2.40. The van der Waals surface area contributed by atoms with Crippen LogP contribution in [-0.4, -0.2) is 0 Å². The Labute approximate surface area is 119 Å². The molecular weight excluding hydrogens is 228 g/mol. The van der Waals surface area contributed by atoms with Crippen LogP contribution in [0, 0.1) is 5.92 Å². The van der Waals surface area contributed by atoms with Gasteiger partial charge >= 0.3 is 0 Å². The molecule has 1 aliphatic carbocycles. The Morgan fingerprint density at radius 2 is 1.63 bits per heavy atom. The van der Waals surface area contributed by atoms with Crippen molar-refractivity contribution in [3.8, 4) is 0 Å². The third-order valence-electron chi connectivity index (χ3n) is 3.33. The van der Waals surface area contributed by atoms with Gasteiger partial charge in [-0.1, -0.05) is 64.1 Å². The summed E-state index contributed by atoms with van der Waals surface area (Å²) in [5.41, 5.74) is 5.82. The summed E-state index contributed by atoms with van der Waals surface area (Å²) >= 11 is 0. The highest BCUT2D eigenvalue weighted by Gasteiger charge is 2.11. The van der Waals surface area contributed by atoms with Gasteiger partial charge < -0.3 is 0 Å². The second kappa shape index (κ2) is 7.99. The average molecular weight is 256 g/mol. The van der Waals surface area contributed by atoms with Crippen LogP contribution in [0.5, 0.6) is 0 Å². The maximum Gasteiger partial charge on any atom is -0.0152 e. The van der Waals surface area contributed by atoms with E-state index in [1.165, 1.54) is 41.5 Å². The van der Waals surface area contributed by atoms with Crippen molar-refractivity contribution in [2.24, 2.45) is 5.92 Å². The maximum atomic E-state index is 2.40. The fourth-order valence-electron chi connectivity index (χ4n) is 2.52. The predicted octanol–water partition coefficient (Wildman–Crippen LogP) is 6.03. The second-order valence-corrected chi connectivity index (χ2v) is 5.34. The molecule has 0 nitrogen and oxygen atoms in total. The Morgan fingerprint density at radius 3 is 2.26 bits per heavy atom. The number of rotatable bonds is 3. The van der Waals surface area contributed by atoms with Gasteiger partial charge in [0.1, 0.15) is 0 Å². The van der Waals surface area contributed by atoms with Gasteiger partial charge in [-0.25, -0.2) is 0 Å². The molecule has 0 heterocycles. The van der Waals surface area contributed by atoms with E-state index in [-0.39, 0.29) is 0 Å². The standard InChI is InChI=1S/C17H22.C2H6/c1-13(2)12-15-9-5-7-11-17(15)16-10-6-4-8-14(16)3;1-2/h5,7-11,13H,4,6,12H2,1-3H3;1-2H3. The van der Waals surface area contributed by atoms with Crippen molar-refractivity contribution in [3.63, 3.8) is 0 Å². The van der Waals surface area contributed by atoms with Crippen molar-refractivity contribution in [3.05, 3.63) is 53.1 Å². The Balaban J connectivity index is 0.000000861. The van der Waals surface area contributed by atoms with Crippen LogP contribution in [-0.2, 0) is 6.42 Å². The third-order valence-corrected chi connectivity index (χ3v) is 3.33. The van der Waals surface area contributed by atoms with Gasteiger partial charge in [0, 0.05) is 0 Å². The van der Waals surface area contributed by atoms with Gasteiger partial charge in [0.05, 0.1) is 0 Å². The smallest absolute Gasteiger partial charge is 0.0152 e. The molecule has 1 aliphatic rings. The summed E-state index contributed by atoms with van der Waals surface area (Å²) in [4.78, 5) is 0. The molecular formula is C19H28. The number of hydrogen-bond acceptors (Lipinski definition) is 0. The molecule has 0 heteroatoms. The number of hydrogen-bond donors (Lipinski definition) is 0. The Bertz CT molecular complexity index is 447. The largest absolute Gasteiger partial charge is 0.0807 e. The summed E-state index contributed by atoms with van der Waals surface area (Å²) in [6, 6.07) is 8.86. The van der Waals surface area contributed by atoms with Gasteiger partial charge in [-0.2, -0.15) is 0 Å². The van der Waals surface area contributed by atoms with E-state index in [4.69, 9.17) is 0 Å². The topological polar surface area (TPSA) is 0 Å². The lowest BCUT2D eigenvalue weighted by Gasteiger charge is -2.17. The van der Waals surface area contributed by atoms with Crippen LogP contribution >= 0.6 is 0 Å². The van der Waals surface area contributed by atoms with Gasteiger partial charge in [0.2, 0.25) is 0 Å². The molecule has 0 unspecified atom stereocenters. The van der Waals surface area contributed by atoms with Crippen LogP contribution in [0.25, 0.3) is 5.57 Å². The highest BCUT2D eigenvalue weighted by atomic mass is 14.2. The van der Waals surface area contributed by atoms with Crippen molar-refractivity contribution in [2.75, 3.05) is 0 Å². The Kier molecular flexibility index (Phi) is 6.62. The van der Waals surface area contributed by atoms with Crippen molar-refractivity contribution >= 4 is 5.57 Å². The molecule has 0 saturated carbocycles. The molecule has 0 radical (unpaired) electrons. The minimum absolute atomic E-state index is 0.713. The monoisotopic (exact) mass is 256 g/mol. The van der Waals surface area contributed by atoms with E-state index in [0.29, 0.717) is 5.92 Å². The fraction of sp³-hybridized carbons (Fsp3) is 0.474. The van der Waals surface area contributed by atoms with Crippen LogP contribution in [0.1, 0.15) is 58.6 Å². The van der Waals surface area contributed by atoms with E-state index >= 15 is 0 Å². The third kappa shape index (κ3) is 4.38. The van der Waals surface area contributed by atoms with Crippen molar-refractivity contribution in [1.29, 1.82) is 0 Å². The lowest BCUT2D eigenvalue weighted by Crippen LogP contribution is -2.01. The molecule has 0 bridgehead atoms. The normalized spacial score (nSPS) is 14.4. The fourth-order valence-corrected chi connectivity index (χ4v) is 2.52. The first kappa shape index (κ1) is 15.8. The van der Waals surface area contributed by atoms with E-state index in [1.54, 1.807) is 0 Å². The zero-order valence-corrected chi connectivity index (χ0v) is 13.2. The predicted molar refractivity (Wildman–Crippen MR) is 87.3 cm³/mol.